The fraction of sp³-hybridized carbons (Fsp3) is 0.167. The van der Waals surface area contributed by atoms with Crippen LogP contribution in [0.5, 0.6) is 5.75 Å². The Morgan fingerprint density at radius 1 is 1.20 bits per heavy atom. The molecule has 7 heteroatoms. The Hall–Kier alpha value is -3.19. The Balaban J connectivity index is 1.63. The van der Waals surface area contributed by atoms with Gasteiger partial charge in [-0.2, -0.15) is 0 Å². The van der Waals surface area contributed by atoms with Gasteiger partial charge in [-0.05, 0) is 29.8 Å². The number of anilines is 1. The van der Waals surface area contributed by atoms with E-state index in [1.54, 1.807) is 31.4 Å². The third kappa shape index (κ3) is 4.21. The Labute approximate surface area is 144 Å². The van der Waals surface area contributed by atoms with Gasteiger partial charge in [0.2, 0.25) is 5.82 Å². The van der Waals surface area contributed by atoms with Crippen LogP contribution in [0.3, 0.4) is 0 Å². The summed E-state index contributed by atoms with van der Waals surface area (Å²) in [4.78, 5) is 16.2. The summed E-state index contributed by atoms with van der Waals surface area (Å²) in [6, 6.07) is 16.2. The Morgan fingerprint density at radius 3 is 2.60 bits per heavy atom. The SMILES string of the molecule is COc1ccc(NC(=O)c2ncn(CC(O)c3ccccc3)n2)cc1. The van der Waals surface area contributed by atoms with Crippen molar-refractivity contribution >= 4 is 11.6 Å². The highest BCUT2D eigenvalue weighted by atomic mass is 16.5. The van der Waals surface area contributed by atoms with Crippen LogP contribution >= 0.6 is 0 Å². The summed E-state index contributed by atoms with van der Waals surface area (Å²) in [6.07, 6.45) is 0.704. The molecule has 0 radical (unpaired) electrons. The highest BCUT2D eigenvalue weighted by Gasteiger charge is 2.14. The van der Waals surface area contributed by atoms with Gasteiger partial charge in [0.05, 0.1) is 19.8 Å². The lowest BCUT2D eigenvalue weighted by atomic mass is 10.1. The first-order valence-corrected chi connectivity index (χ1v) is 7.73. The van der Waals surface area contributed by atoms with Gasteiger partial charge in [-0.3, -0.25) is 4.79 Å². The van der Waals surface area contributed by atoms with E-state index in [1.807, 2.05) is 30.3 Å². The third-order valence-electron chi connectivity index (χ3n) is 3.63. The monoisotopic (exact) mass is 338 g/mol. The molecule has 3 rings (SSSR count). The van der Waals surface area contributed by atoms with Crippen molar-refractivity contribution in [2.24, 2.45) is 0 Å². The molecule has 0 aliphatic rings. The van der Waals surface area contributed by atoms with Crippen molar-refractivity contribution in [2.75, 3.05) is 12.4 Å². The fourth-order valence-corrected chi connectivity index (χ4v) is 2.31. The Morgan fingerprint density at radius 2 is 1.92 bits per heavy atom. The number of ether oxygens (including phenoxy) is 1. The van der Waals surface area contributed by atoms with E-state index >= 15 is 0 Å². The van der Waals surface area contributed by atoms with E-state index in [-0.39, 0.29) is 12.4 Å². The Kier molecular flexibility index (Phi) is 5.06. The van der Waals surface area contributed by atoms with Crippen molar-refractivity contribution in [3.8, 4) is 5.75 Å². The average molecular weight is 338 g/mol. The highest BCUT2D eigenvalue weighted by molar-refractivity contribution is 6.01. The molecule has 0 bridgehead atoms. The molecule has 2 N–H and O–H groups in total. The Bertz CT molecular complexity index is 831. The predicted molar refractivity (Wildman–Crippen MR) is 92.4 cm³/mol. The van der Waals surface area contributed by atoms with Crippen LogP contribution in [0.25, 0.3) is 0 Å². The van der Waals surface area contributed by atoms with E-state index in [2.05, 4.69) is 15.4 Å². The zero-order chi connectivity index (χ0) is 17.6. The number of hydrogen-bond acceptors (Lipinski definition) is 5. The van der Waals surface area contributed by atoms with Crippen LogP contribution in [0.15, 0.2) is 60.9 Å². The van der Waals surface area contributed by atoms with Gasteiger partial charge < -0.3 is 15.2 Å². The van der Waals surface area contributed by atoms with Crippen LogP contribution in [0.4, 0.5) is 5.69 Å². The second kappa shape index (κ2) is 7.59. The normalized spacial score (nSPS) is 11.8. The molecule has 0 fully saturated rings. The summed E-state index contributed by atoms with van der Waals surface area (Å²) in [5.41, 5.74) is 1.40. The van der Waals surface area contributed by atoms with Crippen LogP contribution in [0, 0.1) is 0 Å². The van der Waals surface area contributed by atoms with E-state index in [4.69, 9.17) is 4.74 Å². The number of benzene rings is 2. The minimum Gasteiger partial charge on any atom is -0.497 e. The van der Waals surface area contributed by atoms with Crippen molar-refractivity contribution in [1.29, 1.82) is 0 Å². The van der Waals surface area contributed by atoms with Gasteiger partial charge in [0, 0.05) is 5.69 Å². The molecule has 128 valence electrons. The molecular formula is C18H18N4O3. The first-order chi connectivity index (χ1) is 12.2. The molecule has 7 nitrogen and oxygen atoms in total. The van der Waals surface area contributed by atoms with Crippen LogP contribution in [-0.2, 0) is 6.54 Å². The van der Waals surface area contributed by atoms with Gasteiger partial charge in [0.1, 0.15) is 12.1 Å². The minimum atomic E-state index is -0.722. The number of methoxy groups -OCH3 is 1. The van der Waals surface area contributed by atoms with E-state index in [0.717, 1.165) is 5.56 Å². The van der Waals surface area contributed by atoms with E-state index in [9.17, 15) is 9.90 Å². The number of amides is 1. The molecule has 3 aromatic rings. The van der Waals surface area contributed by atoms with Crippen LogP contribution in [0.2, 0.25) is 0 Å². The zero-order valence-corrected chi connectivity index (χ0v) is 13.7. The average Bonchev–Trinajstić information content (AvgIpc) is 3.12. The molecule has 1 amide bonds. The second-order valence-electron chi connectivity index (χ2n) is 5.40. The summed E-state index contributed by atoms with van der Waals surface area (Å²) >= 11 is 0. The van der Waals surface area contributed by atoms with Gasteiger partial charge in [0.15, 0.2) is 0 Å². The third-order valence-corrected chi connectivity index (χ3v) is 3.63. The van der Waals surface area contributed by atoms with Crippen molar-refractivity contribution in [3.05, 3.63) is 72.3 Å². The first-order valence-electron chi connectivity index (χ1n) is 7.73. The van der Waals surface area contributed by atoms with Crippen molar-refractivity contribution in [2.45, 2.75) is 12.6 Å². The highest BCUT2D eigenvalue weighted by Crippen LogP contribution is 2.16. The molecule has 1 unspecified atom stereocenters. The van der Waals surface area contributed by atoms with Crippen molar-refractivity contribution in [3.63, 3.8) is 0 Å². The number of aromatic nitrogens is 3. The predicted octanol–water partition coefficient (Wildman–Crippen LogP) is 2.27. The maximum atomic E-state index is 12.2. The lowest BCUT2D eigenvalue weighted by Gasteiger charge is -2.10. The lowest BCUT2D eigenvalue weighted by Crippen LogP contribution is -2.15. The van der Waals surface area contributed by atoms with Gasteiger partial charge in [-0.15, -0.1) is 5.10 Å². The zero-order valence-electron chi connectivity index (χ0n) is 13.7. The second-order valence-corrected chi connectivity index (χ2v) is 5.40. The summed E-state index contributed by atoms with van der Waals surface area (Å²) in [6.45, 7) is 0.215. The molecule has 1 aromatic heterocycles. The topological polar surface area (TPSA) is 89.3 Å². The largest absolute Gasteiger partial charge is 0.497 e. The number of rotatable bonds is 6. The van der Waals surface area contributed by atoms with Crippen LogP contribution in [0.1, 0.15) is 22.3 Å². The molecule has 25 heavy (non-hydrogen) atoms. The number of carbonyl (C=O) groups is 1. The first kappa shape index (κ1) is 16.7. The maximum absolute atomic E-state index is 12.2. The van der Waals surface area contributed by atoms with E-state index < -0.39 is 12.0 Å². The number of carbonyl (C=O) groups excluding carboxylic acids is 1. The van der Waals surface area contributed by atoms with E-state index in [0.29, 0.717) is 11.4 Å². The quantitative estimate of drug-likeness (QED) is 0.720. The molecule has 0 aliphatic carbocycles. The number of aliphatic hydroxyl groups excluding tert-OH is 1. The van der Waals surface area contributed by atoms with Crippen molar-refractivity contribution in [1.82, 2.24) is 14.8 Å². The van der Waals surface area contributed by atoms with Gasteiger partial charge in [-0.1, -0.05) is 30.3 Å². The minimum absolute atomic E-state index is 0.0380. The molecule has 0 saturated carbocycles. The molecule has 2 aromatic carbocycles. The number of nitrogens with one attached hydrogen (secondary N) is 1. The van der Waals surface area contributed by atoms with E-state index in [1.165, 1.54) is 11.0 Å². The molecule has 1 atom stereocenters. The summed E-state index contributed by atoms with van der Waals surface area (Å²) in [5, 5.41) is 17.0. The maximum Gasteiger partial charge on any atom is 0.295 e. The molecule has 0 spiro atoms. The summed E-state index contributed by atoms with van der Waals surface area (Å²) < 4.78 is 6.52. The van der Waals surface area contributed by atoms with Crippen LogP contribution < -0.4 is 10.1 Å². The number of hydrogen-bond donors (Lipinski definition) is 2. The lowest BCUT2D eigenvalue weighted by molar-refractivity contribution is 0.101. The van der Waals surface area contributed by atoms with Gasteiger partial charge >= 0.3 is 0 Å². The van der Waals surface area contributed by atoms with Gasteiger partial charge in [-0.25, -0.2) is 9.67 Å². The van der Waals surface area contributed by atoms with Crippen molar-refractivity contribution < 1.29 is 14.6 Å². The molecule has 0 aliphatic heterocycles. The summed E-state index contributed by atoms with van der Waals surface area (Å²) in [7, 11) is 1.58. The number of nitrogens with zero attached hydrogens (tertiary/aromatic N) is 3. The standard InChI is InChI=1S/C18H18N4O3/c1-25-15-9-7-14(8-10-15)20-18(24)17-19-12-22(21-17)11-16(23)13-5-3-2-4-6-13/h2-10,12,16,23H,11H2,1H3,(H,20,24). The van der Waals surface area contributed by atoms with Crippen LogP contribution in [-0.4, -0.2) is 32.9 Å². The van der Waals surface area contributed by atoms with Gasteiger partial charge in [0.25, 0.3) is 5.91 Å². The number of aliphatic hydroxyl groups is 1. The summed E-state index contributed by atoms with van der Waals surface area (Å²) in [5.74, 6) is 0.324. The molecular weight excluding hydrogens is 320 g/mol. The molecule has 0 saturated heterocycles. The fourth-order valence-electron chi connectivity index (χ4n) is 2.31. The smallest absolute Gasteiger partial charge is 0.295 e. The molecule has 1 heterocycles.